The van der Waals surface area contributed by atoms with Crippen molar-refractivity contribution in [2.75, 3.05) is 5.75 Å². The van der Waals surface area contributed by atoms with Gasteiger partial charge in [0.2, 0.25) is 5.91 Å². The fraction of sp³-hybridized carbons (Fsp3) is 0.174. The Morgan fingerprint density at radius 3 is 2.57 bits per heavy atom. The van der Waals surface area contributed by atoms with E-state index >= 15 is 0 Å². The Kier molecular flexibility index (Phi) is 5.72. The highest BCUT2D eigenvalue weighted by molar-refractivity contribution is 7.99. The van der Waals surface area contributed by atoms with Crippen molar-refractivity contribution in [2.24, 2.45) is 0 Å². The molecule has 2 aromatic heterocycles. The number of benzene rings is 2. The predicted molar refractivity (Wildman–Crippen MR) is 120 cm³/mol. The second-order valence-electron chi connectivity index (χ2n) is 7.13. The van der Waals surface area contributed by atoms with Gasteiger partial charge in [0.15, 0.2) is 5.16 Å². The van der Waals surface area contributed by atoms with E-state index in [0.717, 1.165) is 11.3 Å². The third-order valence-electron chi connectivity index (χ3n) is 4.71. The number of aryl methyl sites for hydroxylation is 2. The van der Waals surface area contributed by atoms with Crippen LogP contribution in [0.5, 0.6) is 0 Å². The van der Waals surface area contributed by atoms with E-state index in [9.17, 15) is 9.59 Å². The van der Waals surface area contributed by atoms with Gasteiger partial charge in [-0.3, -0.25) is 14.2 Å². The number of aromatic nitrogens is 3. The fourth-order valence-corrected chi connectivity index (χ4v) is 4.01. The minimum atomic E-state index is -0.179. The fourth-order valence-electron chi connectivity index (χ4n) is 3.17. The molecule has 152 valence electrons. The maximum absolute atomic E-state index is 13.1. The Labute approximate surface area is 178 Å². The van der Waals surface area contributed by atoms with Gasteiger partial charge in [0, 0.05) is 12.2 Å². The molecular formula is C23H22N4O2S. The van der Waals surface area contributed by atoms with Crippen LogP contribution < -0.4 is 10.9 Å². The van der Waals surface area contributed by atoms with Gasteiger partial charge < -0.3 is 10.3 Å². The number of H-pyrrole nitrogens is 1. The van der Waals surface area contributed by atoms with Crippen molar-refractivity contribution >= 4 is 28.7 Å². The first-order valence-electron chi connectivity index (χ1n) is 9.64. The maximum atomic E-state index is 13.1. The largest absolute Gasteiger partial charge is 0.353 e. The summed E-state index contributed by atoms with van der Waals surface area (Å²) < 4.78 is 1.55. The first kappa shape index (κ1) is 20.0. The van der Waals surface area contributed by atoms with Crippen LogP contribution in [0.3, 0.4) is 0 Å². The van der Waals surface area contributed by atoms with Gasteiger partial charge in [0.25, 0.3) is 5.56 Å². The molecule has 2 heterocycles. The van der Waals surface area contributed by atoms with Crippen molar-refractivity contribution in [2.45, 2.75) is 25.5 Å². The van der Waals surface area contributed by atoms with Gasteiger partial charge in [-0.15, -0.1) is 0 Å². The molecule has 7 heteroatoms. The molecular weight excluding hydrogens is 396 g/mol. The second-order valence-corrected chi connectivity index (χ2v) is 8.08. The van der Waals surface area contributed by atoms with Crippen LogP contribution >= 0.6 is 11.8 Å². The zero-order valence-electron chi connectivity index (χ0n) is 16.8. The molecule has 0 saturated heterocycles. The molecule has 0 saturated carbocycles. The van der Waals surface area contributed by atoms with Crippen LogP contribution in [-0.2, 0) is 11.3 Å². The van der Waals surface area contributed by atoms with E-state index in [-0.39, 0.29) is 17.2 Å². The van der Waals surface area contributed by atoms with Crippen molar-refractivity contribution in [3.63, 3.8) is 0 Å². The van der Waals surface area contributed by atoms with Crippen LogP contribution in [-0.4, -0.2) is 26.2 Å². The zero-order valence-corrected chi connectivity index (χ0v) is 17.6. The van der Waals surface area contributed by atoms with Gasteiger partial charge in [0.05, 0.1) is 17.0 Å². The number of hydrogen-bond donors (Lipinski definition) is 2. The number of carbonyl (C=O) groups is 1. The highest BCUT2D eigenvalue weighted by Gasteiger charge is 2.16. The summed E-state index contributed by atoms with van der Waals surface area (Å²) in [5.41, 5.74) is 4.70. The van der Waals surface area contributed by atoms with Gasteiger partial charge in [-0.25, -0.2) is 4.98 Å². The van der Waals surface area contributed by atoms with E-state index in [1.165, 1.54) is 17.3 Å². The van der Waals surface area contributed by atoms with E-state index in [1.54, 1.807) is 4.57 Å². The number of para-hydroxylation sites is 1. The molecule has 0 aliphatic rings. The number of rotatable bonds is 6. The van der Waals surface area contributed by atoms with Gasteiger partial charge >= 0.3 is 0 Å². The lowest BCUT2D eigenvalue weighted by Crippen LogP contribution is -2.26. The molecule has 0 radical (unpaired) electrons. The third kappa shape index (κ3) is 4.31. The van der Waals surface area contributed by atoms with Crippen LogP contribution in [0.4, 0.5) is 0 Å². The number of fused-ring (bicyclic) bond motifs is 1. The molecule has 6 nitrogen and oxygen atoms in total. The standard InChI is InChI=1S/C23H22N4O2S/c1-15-8-10-17(11-9-15)13-24-20(28)14-30-23-26-19-12-16(2)25-21(19)22(29)27(23)18-6-4-3-5-7-18/h3-12,25H,13-14H2,1-2H3,(H,24,28). The van der Waals surface area contributed by atoms with Crippen LogP contribution in [0.1, 0.15) is 16.8 Å². The summed E-state index contributed by atoms with van der Waals surface area (Å²) in [5.74, 6) is 0.0554. The highest BCUT2D eigenvalue weighted by Crippen LogP contribution is 2.21. The molecule has 0 spiro atoms. The average molecular weight is 419 g/mol. The van der Waals surface area contributed by atoms with Gasteiger partial charge in [0.1, 0.15) is 5.52 Å². The lowest BCUT2D eigenvalue weighted by molar-refractivity contribution is -0.118. The molecule has 30 heavy (non-hydrogen) atoms. The monoisotopic (exact) mass is 418 g/mol. The summed E-state index contributed by atoms with van der Waals surface area (Å²) in [7, 11) is 0. The van der Waals surface area contributed by atoms with Gasteiger partial charge in [-0.1, -0.05) is 59.8 Å². The number of carbonyl (C=O) groups excluding carboxylic acids is 1. The Balaban J connectivity index is 1.56. The van der Waals surface area contributed by atoms with Crippen molar-refractivity contribution in [1.29, 1.82) is 0 Å². The molecule has 0 bridgehead atoms. The molecule has 2 aromatic carbocycles. The summed E-state index contributed by atoms with van der Waals surface area (Å²) in [6.07, 6.45) is 0. The number of thioether (sulfide) groups is 1. The Bertz CT molecular complexity index is 1240. The summed E-state index contributed by atoms with van der Waals surface area (Å²) in [4.78, 5) is 33.3. The molecule has 4 rings (SSSR count). The van der Waals surface area contributed by atoms with Crippen molar-refractivity contribution in [1.82, 2.24) is 19.9 Å². The number of nitrogens with zero attached hydrogens (tertiary/aromatic N) is 2. The molecule has 0 aliphatic carbocycles. The number of nitrogens with one attached hydrogen (secondary N) is 2. The molecule has 0 aliphatic heterocycles. The van der Waals surface area contributed by atoms with E-state index < -0.39 is 0 Å². The second kappa shape index (κ2) is 8.59. The highest BCUT2D eigenvalue weighted by atomic mass is 32.2. The normalized spacial score (nSPS) is 11.0. The van der Waals surface area contributed by atoms with Crippen molar-refractivity contribution in [3.8, 4) is 5.69 Å². The lowest BCUT2D eigenvalue weighted by Gasteiger charge is -2.12. The van der Waals surface area contributed by atoms with E-state index in [0.29, 0.717) is 28.4 Å². The summed E-state index contributed by atoms with van der Waals surface area (Å²) in [6, 6.07) is 19.2. The maximum Gasteiger partial charge on any atom is 0.283 e. The first-order chi connectivity index (χ1) is 14.5. The third-order valence-corrected chi connectivity index (χ3v) is 5.65. The quantitative estimate of drug-likeness (QED) is 0.369. The Hall–Kier alpha value is -3.32. The lowest BCUT2D eigenvalue weighted by atomic mass is 10.1. The Morgan fingerprint density at radius 1 is 1.10 bits per heavy atom. The molecule has 0 fully saturated rings. The van der Waals surface area contributed by atoms with E-state index in [4.69, 9.17) is 0 Å². The topological polar surface area (TPSA) is 79.8 Å². The number of amides is 1. The van der Waals surface area contributed by atoms with Crippen LogP contribution in [0, 0.1) is 13.8 Å². The zero-order chi connectivity index (χ0) is 21.1. The van der Waals surface area contributed by atoms with E-state index in [2.05, 4.69) is 15.3 Å². The summed E-state index contributed by atoms with van der Waals surface area (Å²) >= 11 is 1.25. The van der Waals surface area contributed by atoms with Crippen molar-refractivity contribution in [3.05, 3.63) is 87.8 Å². The summed E-state index contributed by atoms with van der Waals surface area (Å²) in [6.45, 7) is 4.38. The average Bonchev–Trinajstić information content (AvgIpc) is 3.13. The minimum Gasteiger partial charge on any atom is -0.353 e. The number of aromatic amines is 1. The van der Waals surface area contributed by atoms with Gasteiger partial charge in [-0.05, 0) is 37.6 Å². The predicted octanol–water partition coefficient (Wildman–Crippen LogP) is 3.74. The van der Waals surface area contributed by atoms with Crippen LogP contribution in [0.2, 0.25) is 0 Å². The van der Waals surface area contributed by atoms with Crippen molar-refractivity contribution < 1.29 is 4.79 Å². The minimum absolute atomic E-state index is 0.111. The smallest absolute Gasteiger partial charge is 0.283 e. The Morgan fingerprint density at radius 2 is 1.83 bits per heavy atom. The van der Waals surface area contributed by atoms with E-state index in [1.807, 2.05) is 74.5 Å². The molecule has 4 aromatic rings. The molecule has 0 unspecified atom stereocenters. The molecule has 1 amide bonds. The summed E-state index contributed by atoms with van der Waals surface area (Å²) in [5, 5.41) is 3.41. The van der Waals surface area contributed by atoms with Crippen LogP contribution in [0.15, 0.2) is 70.6 Å². The van der Waals surface area contributed by atoms with Gasteiger partial charge in [-0.2, -0.15) is 0 Å². The molecule has 0 atom stereocenters. The first-order valence-corrected chi connectivity index (χ1v) is 10.6. The van der Waals surface area contributed by atoms with Crippen LogP contribution in [0.25, 0.3) is 16.7 Å². The number of hydrogen-bond acceptors (Lipinski definition) is 4. The SMILES string of the molecule is Cc1ccc(CNC(=O)CSc2nc3cc(C)[nH]c3c(=O)n2-c2ccccc2)cc1. The molecule has 2 N–H and O–H groups in total.